The summed E-state index contributed by atoms with van der Waals surface area (Å²) in [6.45, 7) is 0.454. The van der Waals surface area contributed by atoms with E-state index in [1.807, 2.05) is 30.3 Å². The lowest BCUT2D eigenvalue weighted by atomic mass is 9.75. The van der Waals surface area contributed by atoms with Crippen LogP contribution in [-0.2, 0) is 20.9 Å². The van der Waals surface area contributed by atoms with Crippen molar-refractivity contribution in [3.63, 3.8) is 0 Å². The molecule has 7 nitrogen and oxygen atoms in total. The van der Waals surface area contributed by atoms with Gasteiger partial charge in [0.2, 0.25) is 0 Å². The average molecular weight is 394 g/mol. The van der Waals surface area contributed by atoms with Crippen LogP contribution in [0.3, 0.4) is 0 Å². The fourth-order valence-electron chi connectivity index (χ4n) is 4.39. The molecule has 2 unspecified atom stereocenters. The van der Waals surface area contributed by atoms with E-state index in [0.29, 0.717) is 25.1 Å². The molecule has 0 radical (unpaired) electrons. The number of carbonyl (C=O) groups is 3. The molecule has 2 aliphatic rings. The molecule has 0 spiro atoms. The molecule has 0 aliphatic heterocycles. The predicted octanol–water partition coefficient (Wildman–Crippen LogP) is 1.92. The highest BCUT2D eigenvalue weighted by Gasteiger charge is 2.50. The first-order valence-electron chi connectivity index (χ1n) is 9.78. The second kappa shape index (κ2) is 7.83. The topological polar surface area (TPSA) is 95.3 Å². The summed E-state index contributed by atoms with van der Waals surface area (Å²) in [5.41, 5.74) is -0.0456. The number of hydrogen-bond donors (Lipinski definition) is 0. The Morgan fingerprint density at radius 3 is 2.38 bits per heavy atom. The van der Waals surface area contributed by atoms with E-state index in [0.717, 1.165) is 5.56 Å². The third-order valence-corrected chi connectivity index (χ3v) is 5.93. The molecule has 2 aromatic rings. The first kappa shape index (κ1) is 19.4. The predicted molar refractivity (Wildman–Crippen MR) is 104 cm³/mol. The van der Waals surface area contributed by atoms with Gasteiger partial charge < -0.3 is 4.74 Å². The van der Waals surface area contributed by atoms with Gasteiger partial charge in [-0.3, -0.25) is 23.7 Å². The largest absolute Gasteiger partial charge is 0.383 e. The van der Waals surface area contributed by atoms with Gasteiger partial charge in [-0.15, -0.1) is 0 Å². The van der Waals surface area contributed by atoms with Gasteiger partial charge in [-0.25, -0.2) is 4.98 Å². The second-order valence-corrected chi connectivity index (χ2v) is 7.62. The zero-order chi connectivity index (χ0) is 20.5. The van der Waals surface area contributed by atoms with E-state index in [1.165, 1.54) is 17.9 Å². The number of hydrogen-bond acceptors (Lipinski definition) is 6. The molecular formula is C22H22N2O5. The van der Waals surface area contributed by atoms with Crippen LogP contribution < -0.4 is 5.56 Å². The van der Waals surface area contributed by atoms with Crippen LogP contribution in [0.4, 0.5) is 0 Å². The highest BCUT2D eigenvalue weighted by molar-refractivity contribution is 6.26. The van der Waals surface area contributed by atoms with Crippen molar-refractivity contribution < 1.29 is 19.1 Å². The minimum absolute atomic E-state index is 0.200. The molecule has 1 aromatic heterocycles. The van der Waals surface area contributed by atoms with Crippen LogP contribution in [0.1, 0.15) is 29.6 Å². The van der Waals surface area contributed by atoms with E-state index in [4.69, 9.17) is 4.74 Å². The molecule has 4 rings (SSSR count). The lowest BCUT2D eigenvalue weighted by Gasteiger charge is -2.24. The van der Waals surface area contributed by atoms with Crippen LogP contribution in [0, 0.1) is 17.8 Å². The van der Waals surface area contributed by atoms with Gasteiger partial charge in [-0.1, -0.05) is 30.3 Å². The molecule has 2 saturated carbocycles. The van der Waals surface area contributed by atoms with Crippen molar-refractivity contribution in [3.05, 3.63) is 52.4 Å². The molecule has 7 heteroatoms. The van der Waals surface area contributed by atoms with E-state index in [9.17, 15) is 19.2 Å². The number of carbonyl (C=O) groups excluding carboxylic acids is 3. The van der Waals surface area contributed by atoms with E-state index < -0.39 is 17.3 Å². The summed E-state index contributed by atoms with van der Waals surface area (Å²) >= 11 is 0. The fourth-order valence-corrected chi connectivity index (χ4v) is 4.39. The van der Waals surface area contributed by atoms with E-state index in [2.05, 4.69) is 4.98 Å². The third kappa shape index (κ3) is 3.35. The van der Waals surface area contributed by atoms with Crippen LogP contribution in [0.15, 0.2) is 41.3 Å². The number of benzene rings is 1. The maximum absolute atomic E-state index is 13.2. The Hall–Kier alpha value is -2.93. The number of ketones is 3. The minimum Gasteiger partial charge on any atom is -0.383 e. The molecule has 0 amide bonds. The smallest absolute Gasteiger partial charge is 0.264 e. The number of methoxy groups -OCH3 is 1. The SMILES string of the molecule is COCCn1c(-c2ccccc2)ncc(C(=O)C2C(=O)C3CCC(C3)C2=O)c1=O. The van der Waals surface area contributed by atoms with Crippen LogP contribution in [0.25, 0.3) is 11.4 Å². The van der Waals surface area contributed by atoms with Crippen LogP contribution in [-0.4, -0.2) is 40.6 Å². The van der Waals surface area contributed by atoms with Crippen molar-refractivity contribution in [1.29, 1.82) is 0 Å². The number of aromatic nitrogens is 2. The lowest BCUT2D eigenvalue weighted by Crippen LogP contribution is -2.43. The van der Waals surface area contributed by atoms with Crippen molar-refractivity contribution in [2.75, 3.05) is 13.7 Å². The highest BCUT2D eigenvalue weighted by atomic mass is 16.5. The average Bonchev–Trinajstić information content (AvgIpc) is 3.19. The van der Waals surface area contributed by atoms with Gasteiger partial charge in [0.25, 0.3) is 5.56 Å². The molecule has 1 heterocycles. The Labute approximate surface area is 167 Å². The van der Waals surface area contributed by atoms with Gasteiger partial charge >= 0.3 is 0 Å². The van der Waals surface area contributed by atoms with Crippen molar-refractivity contribution in [2.45, 2.75) is 25.8 Å². The summed E-state index contributed by atoms with van der Waals surface area (Å²) in [6.07, 6.45) is 3.02. The highest BCUT2D eigenvalue weighted by Crippen LogP contribution is 2.41. The van der Waals surface area contributed by atoms with Crippen molar-refractivity contribution in [1.82, 2.24) is 9.55 Å². The molecule has 2 aliphatic carbocycles. The first-order valence-corrected chi connectivity index (χ1v) is 9.78. The summed E-state index contributed by atoms with van der Waals surface area (Å²) < 4.78 is 6.47. The van der Waals surface area contributed by atoms with Crippen LogP contribution in [0.5, 0.6) is 0 Å². The molecule has 0 N–H and O–H groups in total. The summed E-state index contributed by atoms with van der Waals surface area (Å²) in [7, 11) is 1.52. The quantitative estimate of drug-likeness (QED) is 0.549. The van der Waals surface area contributed by atoms with Crippen molar-refractivity contribution in [2.24, 2.45) is 17.8 Å². The normalized spacial score (nSPS) is 23.4. The molecule has 150 valence electrons. The second-order valence-electron chi connectivity index (χ2n) is 7.62. The van der Waals surface area contributed by atoms with Crippen molar-refractivity contribution in [3.8, 4) is 11.4 Å². The van der Waals surface area contributed by atoms with Crippen LogP contribution in [0.2, 0.25) is 0 Å². The Morgan fingerprint density at radius 1 is 1.10 bits per heavy atom. The number of ether oxygens (including phenoxy) is 1. The Balaban J connectivity index is 1.76. The molecule has 2 bridgehead atoms. The number of Topliss-reactive ketones (excluding diaryl/α,β-unsaturated/α-hetero) is 3. The molecule has 2 atom stereocenters. The summed E-state index contributed by atoms with van der Waals surface area (Å²) in [5, 5.41) is 0. The molecule has 29 heavy (non-hydrogen) atoms. The summed E-state index contributed by atoms with van der Waals surface area (Å²) in [5.74, 6) is -2.87. The zero-order valence-electron chi connectivity index (χ0n) is 16.2. The minimum atomic E-state index is -1.37. The zero-order valence-corrected chi connectivity index (χ0v) is 16.2. The Kier molecular flexibility index (Phi) is 5.24. The summed E-state index contributed by atoms with van der Waals surface area (Å²) in [6, 6.07) is 9.15. The monoisotopic (exact) mass is 394 g/mol. The number of fused-ring (bicyclic) bond motifs is 2. The van der Waals surface area contributed by atoms with E-state index in [-0.39, 0.29) is 42.1 Å². The van der Waals surface area contributed by atoms with Gasteiger partial charge in [-0.05, 0) is 19.3 Å². The fraction of sp³-hybridized carbons (Fsp3) is 0.409. The first-order chi connectivity index (χ1) is 14.0. The molecule has 1 aromatic carbocycles. The van der Waals surface area contributed by atoms with E-state index in [1.54, 1.807) is 0 Å². The van der Waals surface area contributed by atoms with Crippen molar-refractivity contribution >= 4 is 17.3 Å². The number of nitrogens with zero attached hydrogens (tertiary/aromatic N) is 2. The van der Waals surface area contributed by atoms with Gasteiger partial charge in [-0.2, -0.15) is 0 Å². The van der Waals surface area contributed by atoms with Gasteiger partial charge in [0.15, 0.2) is 17.3 Å². The molecule has 0 saturated heterocycles. The van der Waals surface area contributed by atoms with Crippen LogP contribution >= 0.6 is 0 Å². The van der Waals surface area contributed by atoms with E-state index >= 15 is 0 Å². The van der Waals surface area contributed by atoms with Gasteiger partial charge in [0.1, 0.15) is 17.3 Å². The number of rotatable bonds is 6. The maximum Gasteiger partial charge on any atom is 0.264 e. The Bertz CT molecular complexity index is 1010. The van der Waals surface area contributed by atoms with Gasteiger partial charge in [0, 0.05) is 30.7 Å². The third-order valence-electron chi connectivity index (χ3n) is 5.93. The molecule has 2 fully saturated rings. The lowest BCUT2D eigenvalue weighted by molar-refractivity contribution is -0.137. The standard InChI is InChI=1S/C22H22N2O5/c1-29-10-9-24-21(13-5-3-2-4-6-13)23-12-16(22(24)28)20(27)17-18(25)14-7-8-15(11-14)19(17)26/h2-6,12,14-15,17H,7-11H2,1H3. The Morgan fingerprint density at radius 2 is 1.76 bits per heavy atom. The van der Waals surface area contributed by atoms with Gasteiger partial charge in [0.05, 0.1) is 13.2 Å². The molecular weight excluding hydrogens is 372 g/mol. The maximum atomic E-state index is 13.2. The summed E-state index contributed by atoms with van der Waals surface area (Å²) in [4.78, 5) is 56.0.